The minimum absolute atomic E-state index is 1.10. The lowest BCUT2D eigenvalue weighted by atomic mass is 10.2. The molecule has 0 saturated carbocycles. The lowest BCUT2D eigenvalue weighted by Gasteiger charge is -2.23. The van der Waals surface area contributed by atoms with Gasteiger partial charge in [0.15, 0.2) is 0 Å². The monoisotopic (exact) mass is 399 g/mol. The molecule has 0 unspecified atom stereocenters. The second-order valence-corrected chi connectivity index (χ2v) is 9.33. The summed E-state index contributed by atoms with van der Waals surface area (Å²) in [4.78, 5) is 6.13. The van der Waals surface area contributed by atoms with E-state index in [1.54, 1.807) is 22.7 Å². The van der Waals surface area contributed by atoms with E-state index in [-0.39, 0.29) is 0 Å². The molecular weight excluding hydrogens is 378 g/mol. The van der Waals surface area contributed by atoms with Gasteiger partial charge in [-0.1, -0.05) is 48.2 Å². The van der Waals surface area contributed by atoms with Crippen LogP contribution in [0, 0.1) is 32.6 Å². The molecule has 0 spiro atoms. The lowest BCUT2D eigenvalue weighted by Crippen LogP contribution is -2.07. The van der Waals surface area contributed by atoms with E-state index in [0.717, 1.165) is 22.5 Å². The molecular formula is C25H21NS2. The van der Waals surface area contributed by atoms with Crippen LogP contribution in [0.2, 0.25) is 0 Å². The SMILES string of the molecule is Cc1cc(C#Cc2cc(N(c3ccccc3)c3ccccc3)sc2C)c(C)s1. The Hall–Kier alpha value is -2.80. The third-order valence-electron chi connectivity index (χ3n) is 4.53. The van der Waals surface area contributed by atoms with Crippen molar-refractivity contribution < 1.29 is 0 Å². The van der Waals surface area contributed by atoms with Gasteiger partial charge >= 0.3 is 0 Å². The number of aryl methyl sites for hydroxylation is 3. The van der Waals surface area contributed by atoms with E-state index in [9.17, 15) is 0 Å². The Bertz CT molecular complexity index is 1100. The van der Waals surface area contributed by atoms with Gasteiger partial charge in [0, 0.05) is 37.1 Å². The van der Waals surface area contributed by atoms with Crippen LogP contribution in [0.1, 0.15) is 25.8 Å². The van der Waals surface area contributed by atoms with E-state index in [0.29, 0.717) is 0 Å². The zero-order valence-corrected chi connectivity index (χ0v) is 17.8. The number of hydrogen-bond acceptors (Lipinski definition) is 3. The number of hydrogen-bond donors (Lipinski definition) is 0. The Morgan fingerprint density at radius 2 is 1.14 bits per heavy atom. The number of rotatable bonds is 3. The first-order valence-electron chi connectivity index (χ1n) is 9.21. The minimum Gasteiger partial charge on any atom is -0.302 e. The largest absolute Gasteiger partial charge is 0.302 e. The third kappa shape index (κ3) is 3.89. The Morgan fingerprint density at radius 3 is 1.64 bits per heavy atom. The summed E-state index contributed by atoms with van der Waals surface area (Å²) in [6.07, 6.45) is 0. The minimum atomic E-state index is 1.10. The molecule has 0 saturated heterocycles. The van der Waals surface area contributed by atoms with E-state index in [4.69, 9.17) is 0 Å². The molecule has 3 heteroatoms. The molecule has 0 N–H and O–H groups in total. The first kappa shape index (κ1) is 18.6. The Morgan fingerprint density at radius 1 is 0.643 bits per heavy atom. The smallest absolute Gasteiger partial charge is 0.101 e. The maximum atomic E-state index is 3.40. The summed E-state index contributed by atoms with van der Waals surface area (Å²) < 4.78 is 0. The number of para-hydroxylation sites is 2. The topological polar surface area (TPSA) is 3.24 Å². The second-order valence-electron chi connectivity index (χ2n) is 6.64. The van der Waals surface area contributed by atoms with Crippen molar-refractivity contribution in [1.82, 2.24) is 0 Å². The van der Waals surface area contributed by atoms with Crippen molar-refractivity contribution in [3.8, 4) is 11.8 Å². The predicted molar refractivity (Wildman–Crippen MR) is 124 cm³/mol. The van der Waals surface area contributed by atoms with Crippen LogP contribution < -0.4 is 4.90 Å². The quantitative estimate of drug-likeness (QED) is 0.321. The van der Waals surface area contributed by atoms with Crippen molar-refractivity contribution in [3.63, 3.8) is 0 Å². The fourth-order valence-corrected chi connectivity index (χ4v) is 5.04. The van der Waals surface area contributed by atoms with Gasteiger partial charge in [-0.25, -0.2) is 0 Å². The molecule has 0 aliphatic heterocycles. The molecule has 28 heavy (non-hydrogen) atoms. The first-order chi connectivity index (χ1) is 13.6. The fraction of sp³-hybridized carbons (Fsp3) is 0.120. The molecule has 0 atom stereocenters. The van der Waals surface area contributed by atoms with Gasteiger partial charge in [-0.2, -0.15) is 0 Å². The molecule has 0 aliphatic carbocycles. The molecule has 0 aliphatic rings. The maximum Gasteiger partial charge on any atom is 0.101 e. The van der Waals surface area contributed by atoms with Crippen molar-refractivity contribution in [3.05, 3.63) is 98.6 Å². The fourth-order valence-electron chi connectivity index (χ4n) is 3.15. The molecule has 2 aromatic heterocycles. The van der Waals surface area contributed by atoms with Crippen molar-refractivity contribution in [2.75, 3.05) is 4.90 Å². The van der Waals surface area contributed by atoms with Crippen LogP contribution in [0.3, 0.4) is 0 Å². The second kappa shape index (κ2) is 8.06. The van der Waals surface area contributed by atoms with Crippen molar-refractivity contribution in [1.29, 1.82) is 0 Å². The third-order valence-corrected chi connectivity index (χ3v) is 6.53. The highest BCUT2D eigenvalue weighted by Gasteiger charge is 2.15. The van der Waals surface area contributed by atoms with Gasteiger partial charge in [-0.15, -0.1) is 22.7 Å². The van der Waals surface area contributed by atoms with E-state index in [1.165, 1.54) is 19.6 Å². The summed E-state index contributed by atoms with van der Waals surface area (Å²) >= 11 is 3.59. The summed E-state index contributed by atoms with van der Waals surface area (Å²) in [7, 11) is 0. The lowest BCUT2D eigenvalue weighted by molar-refractivity contribution is 1.32. The highest BCUT2D eigenvalue weighted by molar-refractivity contribution is 7.16. The molecule has 138 valence electrons. The van der Waals surface area contributed by atoms with E-state index in [2.05, 4.69) is 110 Å². The first-order valence-corrected chi connectivity index (χ1v) is 10.8. The van der Waals surface area contributed by atoms with Crippen LogP contribution in [0.5, 0.6) is 0 Å². The maximum absolute atomic E-state index is 3.40. The molecule has 0 amide bonds. The van der Waals surface area contributed by atoms with Gasteiger partial charge < -0.3 is 4.90 Å². The van der Waals surface area contributed by atoms with Crippen LogP contribution in [0.25, 0.3) is 0 Å². The predicted octanol–water partition coefficient (Wildman–Crippen LogP) is 7.60. The van der Waals surface area contributed by atoms with Crippen molar-refractivity contribution >= 4 is 39.0 Å². The molecule has 0 fully saturated rings. The van der Waals surface area contributed by atoms with Crippen LogP contribution >= 0.6 is 22.7 Å². The van der Waals surface area contributed by atoms with Gasteiger partial charge in [0.25, 0.3) is 0 Å². The van der Waals surface area contributed by atoms with Gasteiger partial charge in [0.1, 0.15) is 5.00 Å². The normalized spacial score (nSPS) is 10.4. The molecule has 2 heterocycles. The van der Waals surface area contributed by atoms with E-state index in [1.807, 2.05) is 0 Å². The molecule has 4 rings (SSSR count). The standard InChI is InChI=1S/C25H21NS2/c1-18-16-21(19(2)27-18)14-15-22-17-25(28-20(22)3)26(23-10-6-4-7-11-23)24-12-8-5-9-13-24/h4-13,16-17H,1-3H3. The van der Waals surface area contributed by atoms with Crippen molar-refractivity contribution in [2.45, 2.75) is 20.8 Å². The summed E-state index contributed by atoms with van der Waals surface area (Å²) in [6.45, 7) is 6.42. The zero-order valence-electron chi connectivity index (χ0n) is 16.2. The van der Waals surface area contributed by atoms with Crippen LogP contribution in [0.4, 0.5) is 16.4 Å². The van der Waals surface area contributed by atoms with Crippen LogP contribution in [0.15, 0.2) is 72.8 Å². The molecule has 2 aromatic carbocycles. The summed E-state index contributed by atoms with van der Waals surface area (Å²) in [5.41, 5.74) is 4.54. The highest BCUT2D eigenvalue weighted by Crippen LogP contribution is 2.39. The molecule has 4 aromatic rings. The van der Waals surface area contributed by atoms with Crippen LogP contribution in [-0.2, 0) is 0 Å². The number of benzene rings is 2. The van der Waals surface area contributed by atoms with Gasteiger partial charge in [0.05, 0.1) is 0 Å². The average Bonchev–Trinajstić information content (AvgIpc) is 3.23. The Balaban J connectivity index is 1.75. The highest BCUT2D eigenvalue weighted by atomic mass is 32.1. The Kier molecular flexibility index (Phi) is 5.34. The summed E-state index contributed by atoms with van der Waals surface area (Å²) in [5.74, 6) is 6.77. The summed E-state index contributed by atoms with van der Waals surface area (Å²) in [5, 5.41) is 1.18. The zero-order chi connectivity index (χ0) is 19.5. The average molecular weight is 400 g/mol. The molecule has 0 radical (unpaired) electrons. The summed E-state index contributed by atoms with van der Waals surface area (Å²) in [6, 6.07) is 25.4. The van der Waals surface area contributed by atoms with E-state index >= 15 is 0 Å². The van der Waals surface area contributed by atoms with Gasteiger partial charge in [-0.3, -0.25) is 0 Å². The van der Waals surface area contributed by atoms with E-state index < -0.39 is 0 Å². The number of thiophene rings is 2. The van der Waals surface area contributed by atoms with Crippen molar-refractivity contribution in [2.24, 2.45) is 0 Å². The van der Waals surface area contributed by atoms with Gasteiger partial charge in [0.2, 0.25) is 0 Å². The molecule has 0 bridgehead atoms. The van der Waals surface area contributed by atoms with Gasteiger partial charge in [-0.05, 0) is 57.2 Å². The molecule has 1 nitrogen and oxygen atoms in total. The number of anilines is 3. The van der Waals surface area contributed by atoms with Crippen LogP contribution in [-0.4, -0.2) is 0 Å². The number of nitrogens with zero attached hydrogens (tertiary/aromatic N) is 1. The Labute approximate surface area is 174 Å².